The van der Waals surface area contributed by atoms with E-state index in [2.05, 4.69) is 56.0 Å². The molecule has 0 heterocycles. The minimum Gasteiger partial charge on any atom is -0.0985 e. The Bertz CT molecular complexity index is 366. The Kier molecular flexibility index (Phi) is 5.35. The molecule has 84 valence electrons. The predicted molar refractivity (Wildman–Crippen MR) is 73.4 cm³/mol. The highest BCUT2D eigenvalue weighted by atomic mass is 14.0. The smallest absolute Gasteiger partial charge is 0.0218 e. The molecule has 0 radical (unpaired) electrons. The summed E-state index contributed by atoms with van der Waals surface area (Å²) in [5.74, 6) is 0.575. The molecule has 0 amide bonds. The Balaban J connectivity index is 2.55. The minimum absolute atomic E-state index is 0.575. The van der Waals surface area contributed by atoms with E-state index in [1.165, 1.54) is 11.1 Å². The van der Waals surface area contributed by atoms with Crippen LogP contribution in [0.1, 0.15) is 25.0 Å². The fourth-order valence-corrected chi connectivity index (χ4v) is 1.59. The first-order valence-corrected chi connectivity index (χ1v) is 5.77. The standard InChI is InChI=1S/C16H20/c1-4-6-7-8-14(3)13-16-11-9-15(5-2)10-12-16/h4-12,14H,2,13H2,1,3H3/b6-4-,8-7-. The van der Waals surface area contributed by atoms with E-state index in [4.69, 9.17) is 0 Å². The van der Waals surface area contributed by atoms with Gasteiger partial charge in [-0.15, -0.1) is 0 Å². The quantitative estimate of drug-likeness (QED) is 0.624. The highest BCUT2D eigenvalue weighted by molar-refractivity contribution is 5.47. The minimum atomic E-state index is 0.575. The molecule has 0 aliphatic rings. The van der Waals surface area contributed by atoms with Crippen molar-refractivity contribution in [2.24, 2.45) is 5.92 Å². The molecule has 0 bridgehead atoms. The second kappa shape index (κ2) is 6.84. The third-order valence-electron chi connectivity index (χ3n) is 2.52. The van der Waals surface area contributed by atoms with Crippen molar-refractivity contribution in [3.05, 3.63) is 66.3 Å². The summed E-state index contributed by atoms with van der Waals surface area (Å²) < 4.78 is 0. The molecule has 1 unspecified atom stereocenters. The van der Waals surface area contributed by atoms with Gasteiger partial charge in [-0.05, 0) is 30.4 Å². The molecule has 1 aromatic rings. The Labute approximate surface area is 99.0 Å². The van der Waals surface area contributed by atoms with Gasteiger partial charge in [0.2, 0.25) is 0 Å². The topological polar surface area (TPSA) is 0 Å². The maximum atomic E-state index is 3.75. The molecule has 0 saturated carbocycles. The first kappa shape index (κ1) is 12.5. The van der Waals surface area contributed by atoms with Crippen LogP contribution >= 0.6 is 0 Å². The van der Waals surface area contributed by atoms with Gasteiger partial charge in [0, 0.05) is 0 Å². The third-order valence-corrected chi connectivity index (χ3v) is 2.52. The van der Waals surface area contributed by atoms with Gasteiger partial charge in [0.1, 0.15) is 0 Å². The summed E-state index contributed by atoms with van der Waals surface area (Å²) in [6.07, 6.45) is 11.4. The van der Waals surface area contributed by atoms with Crippen LogP contribution in [0.4, 0.5) is 0 Å². The maximum Gasteiger partial charge on any atom is -0.0218 e. The van der Waals surface area contributed by atoms with Crippen LogP contribution in [0.2, 0.25) is 0 Å². The molecule has 0 aromatic heterocycles. The second-order valence-corrected chi connectivity index (χ2v) is 4.04. The summed E-state index contributed by atoms with van der Waals surface area (Å²) in [4.78, 5) is 0. The number of hydrogen-bond donors (Lipinski definition) is 0. The van der Waals surface area contributed by atoms with Crippen molar-refractivity contribution in [3.63, 3.8) is 0 Å². The lowest BCUT2D eigenvalue weighted by Gasteiger charge is -2.06. The van der Waals surface area contributed by atoms with Gasteiger partial charge in [-0.1, -0.05) is 68.1 Å². The molecular weight excluding hydrogens is 192 g/mol. The van der Waals surface area contributed by atoms with E-state index in [0.717, 1.165) is 6.42 Å². The number of rotatable bonds is 5. The largest absolute Gasteiger partial charge is 0.0985 e. The Hall–Kier alpha value is -1.56. The molecule has 1 atom stereocenters. The normalized spacial score (nSPS) is 13.4. The highest BCUT2D eigenvalue weighted by Gasteiger charge is 1.98. The van der Waals surface area contributed by atoms with Crippen molar-refractivity contribution in [1.29, 1.82) is 0 Å². The van der Waals surface area contributed by atoms with Crippen LogP contribution < -0.4 is 0 Å². The highest BCUT2D eigenvalue weighted by Crippen LogP contribution is 2.11. The van der Waals surface area contributed by atoms with Gasteiger partial charge < -0.3 is 0 Å². The summed E-state index contributed by atoms with van der Waals surface area (Å²) in [5.41, 5.74) is 2.56. The molecular formula is C16H20. The lowest BCUT2D eigenvalue weighted by atomic mass is 9.99. The maximum absolute atomic E-state index is 3.75. The molecule has 0 saturated heterocycles. The van der Waals surface area contributed by atoms with Gasteiger partial charge >= 0.3 is 0 Å². The molecule has 1 rings (SSSR count). The van der Waals surface area contributed by atoms with Crippen molar-refractivity contribution in [3.8, 4) is 0 Å². The first-order chi connectivity index (χ1) is 7.76. The van der Waals surface area contributed by atoms with Gasteiger partial charge in [0.05, 0.1) is 0 Å². The molecule has 0 N–H and O–H groups in total. The first-order valence-electron chi connectivity index (χ1n) is 5.77. The van der Waals surface area contributed by atoms with Crippen LogP contribution in [0.25, 0.3) is 6.08 Å². The number of hydrogen-bond acceptors (Lipinski definition) is 0. The van der Waals surface area contributed by atoms with E-state index in [1.54, 1.807) is 0 Å². The Morgan fingerprint density at radius 2 is 1.88 bits per heavy atom. The van der Waals surface area contributed by atoms with Crippen LogP contribution in [-0.2, 0) is 6.42 Å². The second-order valence-electron chi connectivity index (χ2n) is 4.04. The summed E-state index contributed by atoms with van der Waals surface area (Å²) in [7, 11) is 0. The average molecular weight is 212 g/mol. The molecule has 1 aromatic carbocycles. The van der Waals surface area contributed by atoms with Crippen LogP contribution in [0.3, 0.4) is 0 Å². The summed E-state index contributed by atoms with van der Waals surface area (Å²) in [6, 6.07) is 8.59. The van der Waals surface area contributed by atoms with E-state index < -0.39 is 0 Å². The Morgan fingerprint density at radius 1 is 1.19 bits per heavy atom. The van der Waals surface area contributed by atoms with E-state index in [9.17, 15) is 0 Å². The molecule has 0 heteroatoms. The fourth-order valence-electron chi connectivity index (χ4n) is 1.59. The predicted octanol–water partition coefficient (Wildman–Crippen LogP) is 4.64. The zero-order chi connectivity index (χ0) is 11.8. The number of benzene rings is 1. The molecule has 0 spiro atoms. The Morgan fingerprint density at radius 3 is 2.44 bits per heavy atom. The molecule has 0 nitrogen and oxygen atoms in total. The molecule has 0 fully saturated rings. The lowest BCUT2D eigenvalue weighted by molar-refractivity contribution is 0.723. The van der Waals surface area contributed by atoms with Crippen molar-refractivity contribution in [1.82, 2.24) is 0 Å². The molecule has 16 heavy (non-hydrogen) atoms. The van der Waals surface area contributed by atoms with Crippen LogP contribution in [0, 0.1) is 5.92 Å². The van der Waals surface area contributed by atoms with Gasteiger partial charge in [0.15, 0.2) is 0 Å². The van der Waals surface area contributed by atoms with E-state index in [1.807, 2.05) is 19.1 Å². The molecule has 0 aliphatic carbocycles. The summed E-state index contributed by atoms with van der Waals surface area (Å²) in [5, 5.41) is 0. The van der Waals surface area contributed by atoms with Gasteiger partial charge in [-0.25, -0.2) is 0 Å². The fraction of sp³-hybridized carbons (Fsp3) is 0.250. The van der Waals surface area contributed by atoms with Crippen LogP contribution in [0.5, 0.6) is 0 Å². The van der Waals surface area contributed by atoms with Gasteiger partial charge in [-0.3, -0.25) is 0 Å². The van der Waals surface area contributed by atoms with Crippen molar-refractivity contribution in [2.75, 3.05) is 0 Å². The van der Waals surface area contributed by atoms with Crippen molar-refractivity contribution in [2.45, 2.75) is 20.3 Å². The zero-order valence-corrected chi connectivity index (χ0v) is 10.2. The lowest BCUT2D eigenvalue weighted by Crippen LogP contribution is -1.95. The van der Waals surface area contributed by atoms with Crippen molar-refractivity contribution >= 4 is 6.08 Å². The third kappa shape index (κ3) is 4.31. The number of allylic oxidation sites excluding steroid dienone is 4. The summed E-state index contributed by atoms with van der Waals surface area (Å²) in [6.45, 7) is 8.02. The molecule has 0 aliphatic heterocycles. The monoisotopic (exact) mass is 212 g/mol. The zero-order valence-electron chi connectivity index (χ0n) is 10.2. The SMILES string of the molecule is C=Cc1ccc(CC(C)/C=C\C=C/C)cc1. The van der Waals surface area contributed by atoms with Gasteiger partial charge in [0.25, 0.3) is 0 Å². The van der Waals surface area contributed by atoms with Crippen LogP contribution in [0.15, 0.2) is 55.1 Å². The van der Waals surface area contributed by atoms with E-state index in [-0.39, 0.29) is 0 Å². The van der Waals surface area contributed by atoms with Crippen LogP contribution in [-0.4, -0.2) is 0 Å². The van der Waals surface area contributed by atoms with Gasteiger partial charge in [-0.2, -0.15) is 0 Å². The van der Waals surface area contributed by atoms with Crippen molar-refractivity contribution < 1.29 is 0 Å². The average Bonchev–Trinajstić information content (AvgIpc) is 2.30. The van der Waals surface area contributed by atoms with E-state index in [0.29, 0.717) is 5.92 Å². The summed E-state index contributed by atoms with van der Waals surface area (Å²) >= 11 is 0. The van der Waals surface area contributed by atoms with E-state index >= 15 is 0 Å².